The highest BCUT2D eigenvalue weighted by Gasteiger charge is 2.07. The van der Waals surface area contributed by atoms with Gasteiger partial charge >= 0.3 is 5.97 Å². The zero-order valence-corrected chi connectivity index (χ0v) is 10.8. The normalized spacial score (nSPS) is 10.2. The van der Waals surface area contributed by atoms with E-state index in [1.54, 1.807) is 16.8 Å². The molecule has 2 heterocycles. The number of ether oxygens (including phenoxy) is 1. The van der Waals surface area contributed by atoms with Crippen molar-refractivity contribution in [3.05, 3.63) is 35.8 Å². The van der Waals surface area contributed by atoms with Crippen molar-refractivity contribution in [2.45, 2.75) is 6.42 Å². The van der Waals surface area contributed by atoms with Gasteiger partial charge in [0, 0.05) is 19.8 Å². The molecule has 0 aliphatic carbocycles. The van der Waals surface area contributed by atoms with Gasteiger partial charge in [0.1, 0.15) is 5.82 Å². The second-order valence-corrected chi connectivity index (χ2v) is 3.99. The maximum atomic E-state index is 11.2. The Kier molecular flexibility index (Phi) is 4.07. The van der Waals surface area contributed by atoms with Crippen molar-refractivity contribution < 1.29 is 9.53 Å². The Balaban J connectivity index is 1.84. The summed E-state index contributed by atoms with van der Waals surface area (Å²) in [6.07, 6.45) is 4.63. The molecule has 2 aromatic rings. The molecule has 7 nitrogen and oxygen atoms in total. The van der Waals surface area contributed by atoms with Crippen molar-refractivity contribution in [3.8, 4) is 0 Å². The molecular formula is C12H15N5O2. The number of carbonyl (C=O) groups excluding carboxylic acids is 1. The summed E-state index contributed by atoms with van der Waals surface area (Å²) in [5.74, 6) is 0.131. The quantitative estimate of drug-likeness (QED) is 0.796. The fourth-order valence-corrected chi connectivity index (χ4v) is 1.58. The fraction of sp³-hybridized carbons (Fsp3) is 0.333. The van der Waals surface area contributed by atoms with Gasteiger partial charge in [-0.1, -0.05) is 0 Å². The maximum Gasteiger partial charge on any atom is 0.358 e. The van der Waals surface area contributed by atoms with Crippen LogP contribution in [0, 0.1) is 0 Å². The van der Waals surface area contributed by atoms with Crippen molar-refractivity contribution in [1.29, 1.82) is 0 Å². The molecule has 7 heteroatoms. The van der Waals surface area contributed by atoms with Gasteiger partial charge in [-0.2, -0.15) is 5.10 Å². The maximum absolute atomic E-state index is 11.2. The lowest BCUT2D eigenvalue weighted by molar-refractivity contribution is 0.0593. The number of aromatic nitrogens is 4. The summed E-state index contributed by atoms with van der Waals surface area (Å²) >= 11 is 0. The largest absolute Gasteiger partial charge is 0.464 e. The molecule has 0 unspecified atom stereocenters. The van der Waals surface area contributed by atoms with Gasteiger partial charge in [-0.25, -0.2) is 4.79 Å². The van der Waals surface area contributed by atoms with E-state index < -0.39 is 5.97 Å². The molecule has 2 rings (SSSR count). The molecule has 1 N–H and O–H groups in total. The molecule has 0 aliphatic heterocycles. The molecule has 2 aromatic heterocycles. The van der Waals surface area contributed by atoms with Crippen LogP contribution in [-0.2, 0) is 18.2 Å². The minimum absolute atomic E-state index is 0.195. The van der Waals surface area contributed by atoms with Gasteiger partial charge in [-0.3, -0.25) is 4.68 Å². The second-order valence-electron chi connectivity index (χ2n) is 3.99. The fourth-order valence-electron chi connectivity index (χ4n) is 1.58. The van der Waals surface area contributed by atoms with Crippen molar-refractivity contribution in [1.82, 2.24) is 20.0 Å². The number of methoxy groups -OCH3 is 1. The molecule has 0 aromatic carbocycles. The van der Waals surface area contributed by atoms with Crippen LogP contribution < -0.4 is 5.32 Å². The first-order chi connectivity index (χ1) is 9.19. The Labute approximate surface area is 110 Å². The molecule has 0 bridgehead atoms. The smallest absolute Gasteiger partial charge is 0.358 e. The van der Waals surface area contributed by atoms with Crippen LogP contribution in [0.5, 0.6) is 0 Å². The van der Waals surface area contributed by atoms with Crippen molar-refractivity contribution in [2.75, 3.05) is 19.0 Å². The number of rotatable bonds is 5. The van der Waals surface area contributed by atoms with Crippen LogP contribution in [0.15, 0.2) is 24.5 Å². The summed E-state index contributed by atoms with van der Waals surface area (Å²) in [5.41, 5.74) is 1.34. The predicted octanol–water partition coefficient (Wildman–Crippen LogP) is 0.651. The molecule has 100 valence electrons. The average molecular weight is 261 g/mol. The first-order valence-electron chi connectivity index (χ1n) is 5.82. The molecule has 0 radical (unpaired) electrons. The average Bonchev–Trinajstić information content (AvgIpc) is 2.84. The predicted molar refractivity (Wildman–Crippen MR) is 68.8 cm³/mol. The Hall–Kier alpha value is -2.44. The highest BCUT2D eigenvalue weighted by Crippen LogP contribution is 2.04. The summed E-state index contributed by atoms with van der Waals surface area (Å²) in [6.45, 7) is 0.720. The van der Waals surface area contributed by atoms with Crippen LogP contribution in [0.25, 0.3) is 0 Å². The van der Waals surface area contributed by atoms with Gasteiger partial charge < -0.3 is 10.1 Å². The topological polar surface area (TPSA) is 81.9 Å². The van der Waals surface area contributed by atoms with Crippen molar-refractivity contribution in [2.24, 2.45) is 7.05 Å². The molecule has 0 saturated carbocycles. The van der Waals surface area contributed by atoms with Crippen LogP contribution in [-0.4, -0.2) is 39.6 Å². The SMILES string of the molecule is COC(=O)c1ccc(NCCc2cnn(C)c2)nn1. The van der Waals surface area contributed by atoms with E-state index in [0.29, 0.717) is 5.82 Å². The van der Waals surface area contributed by atoms with E-state index in [1.807, 2.05) is 19.4 Å². The number of hydrogen-bond acceptors (Lipinski definition) is 6. The Morgan fingerprint density at radius 2 is 2.26 bits per heavy atom. The number of esters is 1. The highest BCUT2D eigenvalue weighted by atomic mass is 16.5. The molecule has 0 aliphatic rings. The van der Waals surface area contributed by atoms with E-state index in [1.165, 1.54) is 7.11 Å². The van der Waals surface area contributed by atoms with Gasteiger partial charge in [0.2, 0.25) is 0 Å². The molecule has 0 atom stereocenters. The summed E-state index contributed by atoms with van der Waals surface area (Å²) in [6, 6.07) is 3.27. The molecular weight excluding hydrogens is 246 g/mol. The first-order valence-corrected chi connectivity index (χ1v) is 5.82. The number of anilines is 1. The van der Waals surface area contributed by atoms with Crippen LogP contribution >= 0.6 is 0 Å². The molecule has 0 amide bonds. The van der Waals surface area contributed by atoms with E-state index in [9.17, 15) is 4.79 Å². The Morgan fingerprint density at radius 1 is 1.42 bits per heavy atom. The van der Waals surface area contributed by atoms with E-state index in [-0.39, 0.29) is 5.69 Å². The standard InChI is InChI=1S/C12H15N5O2/c1-17-8-9(7-14-17)5-6-13-11-4-3-10(15-16-11)12(18)19-2/h3-4,7-8H,5-6H2,1-2H3,(H,13,16). The molecule has 0 spiro atoms. The number of nitrogens with one attached hydrogen (secondary N) is 1. The highest BCUT2D eigenvalue weighted by molar-refractivity contribution is 5.86. The second kappa shape index (κ2) is 5.94. The van der Waals surface area contributed by atoms with Crippen molar-refractivity contribution >= 4 is 11.8 Å². The first kappa shape index (κ1) is 13.0. The summed E-state index contributed by atoms with van der Waals surface area (Å²) in [7, 11) is 3.19. The zero-order chi connectivity index (χ0) is 13.7. The van der Waals surface area contributed by atoms with E-state index >= 15 is 0 Å². The minimum Gasteiger partial charge on any atom is -0.464 e. The van der Waals surface area contributed by atoms with E-state index in [2.05, 4.69) is 25.3 Å². The number of carbonyl (C=O) groups is 1. The van der Waals surface area contributed by atoms with Gasteiger partial charge in [0.25, 0.3) is 0 Å². The third kappa shape index (κ3) is 3.51. The van der Waals surface area contributed by atoms with Crippen LogP contribution in [0.4, 0.5) is 5.82 Å². The Morgan fingerprint density at radius 3 is 2.84 bits per heavy atom. The lowest BCUT2D eigenvalue weighted by Crippen LogP contribution is -2.09. The molecule has 0 saturated heterocycles. The minimum atomic E-state index is -0.491. The van der Waals surface area contributed by atoms with Crippen LogP contribution in [0.3, 0.4) is 0 Å². The monoisotopic (exact) mass is 261 g/mol. The molecule has 19 heavy (non-hydrogen) atoms. The third-order valence-corrected chi connectivity index (χ3v) is 2.54. The van der Waals surface area contributed by atoms with Gasteiger partial charge in [-0.15, -0.1) is 10.2 Å². The number of nitrogens with zero attached hydrogens (tertiary/aromatic N) is 4. The van der Waals surface area contributed by atoms with Crippen molar-refractivity contribution in [3.63, 3.8) is 0 Å². The van der Waals surface area contributed by atoms with Crippen LogP contribution in [0.1, 0.15) is 16.1 Å². The summed E-state index contributed by atoms with van der Waals surface area (Å²) in [4.78, 5) is 11.2. The lowest BCUT2D eigenvalue weighted by Gasteiger charge is -2.04. The molecule has 0 fully saturated rings. The van der Waals surface area contributed by atoms with E-state index in [0.717, 1.165) is 18.5 Å². The third-order valence-electron chi connectivity index (χ3n) is 2.54. The van der Waals surface area contributed by atoms with Gasteiger partial charge in [0.15, 0.2) is 5.69 Å². The van der Waals surface area contributed by atoms with E-state index in [4.69, 9.17) is 0 Å². The van der Waals surface area contributed by atoms with Gasteiger partial charge in [-0.05, 0) is 24.1 Å². The summed E-state index contributed by atoms with van der Waals surface area (Å²) < 4.78 is 6.31. The lowest BCUT2D eigenvalue weighted by atomic mass is 10.2. The number of hydrogen-bond donors (Lipinski definition) is 1. The Bertz CT molecular complexity index is 550. The van der Waals surface area contributed by atoms with Gasteiger partial charge in [0.05, 0.1) is 13.3 Å². The summed E-state index contributed by atoms with van der Waals surface area (Å²) in [5, 5.41) is 14.9. The number of aryl methyl sites for hydroxylation is 1. The van der Waals surface area contributed by atoms with Crippen LogP contribution in [0.2, 0.25) is 0 Å². The zero-order valence-electron chi connectivity index (χ0n) is 10.8.